The number of carbonyl (C=O) groups is 1. The van der Waals surface area contributed by atoms with Gasteiger partial charge in [0, 0.05) is 38.5 Å². The first-order chi connectivity index (χ1) is 13.7. The summed E-state index contributed by atoms with van der Waals surface area (Å²) in [5.41, 5.74) is 2.86. The van der Waals surface area contributed by atoms with Crippen LogP contribution in [-0.2, 0) is 15.8 Å². The van der Waals surface area contributed by atoms with Gasteiger partial charge in [0.2, 0.25) is 10.0 Å². The summed E-state index contributed by atoms with van der Waals surface area (Å²) in [6.45, 7) is 4.38. The molecule has 2 rings (SSSR count). The summed E-state index contributed by atoms with van der Waals surface area (Å²) >= 11 is 1.72. The Bertz CT molecular complexity index is 938. The van der Waals surface area contributed by atoms with Crippen LogP contribution >= 0.6 is 11.8 Å². The molecular formula is C21H29N3O3S2. The van der Waals surface area contributed by atoms with Crippen LogP contribution in [0.25, 0.3) is 0 Å². The molecule has 1 amide bonds. The number of hydrogen-bond acceptors (Lipinski definition) is 5. The summed E-state index contributed by atoms with van der Waals surface area (Å²) in [7, 11) is 0.0786. The zero-order chi connectivity index (χ0) is 21.6. The standard InChI is InChI=1S/C21H29N3O3S2/c1-6-24(7-2)29(26,27)18-12-13-20(23(3)4)19(14-18)22-21(25)17-10-8-16(9-11-17)15-28-5/h8-14H,6-7,15H2,1-5H3,(H,22,25). The summed E-state index contributed by atoms with van der Waals surface area (Å²) < 4.78 is 27.2. The van der Waals surface area contributed by atoms with E-state index in [1.807, 2.05) is 37.4 Å². The molecule has 0 bridgehead atoms. The number of anilines is 2. The SMILES string of the molecule is CCN(CC)S(=O)(=O)c1ccc(N(C)C)c(NC(=O)c2ccc(CSC)cc2)c1. The monoisotopic (exact) mass is 435 g/mol. The molecule has 0 unspecified atom stereocenters. The Labute approximate surface area is 178 Å². The Balaban J connectivity index is 2.38. The second kappa shape index (κ2) is 10.1. The molecule has 0 fully saturated rings. The smallest absolute Gasteiger partial charge is 0.255 e. The molecule has 0 aliphatic rings. The molecule has 2 aromatic carbocycles. The number of nitrogens with one attached hydrogen (secondary N) is 1. The minimum absolute atomic E-state index is 0.164. The third-order valence-electron chi connectivity index (χ3n) is 4.57. The molecule has 6 nitrogen and oxygen atoms in total. The third-order valence-corrected chi connectivity index (χ3v) is 7.24. The van der Waals surface area contributed by atoms with Crippen LogP contribution < -0.4 is 10.2 Å². The Hall–Kier alpha value is -2.03. The van der Waals surface area contributed by atoms with Crippen molar-refractivity contribution in [2.24, 2.45) is 0 Å². The van der Waals surface area contributed by atoms with Gasteiger partial charge in [0.25, 0.3) is 5.91 Å². The largest absolute Gasteiger partial charge is 0.376 e. The van der Waals surface area contributed by atoms with E-state index in [0.717, 1.165) is 17.0 Å². The number of hydrogen-bond donors (Lipinski definition) is 1. The van der Waals surface area contributed by atoms with E-state index >= 15 is 0 Å². The van der Waals surface area contributed by atoms with Crippen LogP contribution in [0.1, 0.15) is 29.8 Å². The van der Waals surface area contributed by atoms with Crippen molar-refractivity contribution in [2.75, 3.05) is 43.7 Å². The number of nitrogens with zero attached hydrogens (tertiary/aromatic N) is 2. The maximum absolute atomic E-state index is 12.9. The first-order valence-electron chi connectivity index (χ1n) is 9.45. The van der Waals surface area contributed by atoms with E-state index in [1.165, 1.54) is 10.4 Å². The second-order valence-electron chi connectivity index (χ2n) is 6.75. The molecule has 1 N–H and O–H groups in total. The van der Waals surface area contributed by atoms with Crippen LogP contribution in [0.5, 0.6) is 0 Å². The minimum atomic E-state index is -3.62. The zero-order valence-corrected chi connectivity index (χ0v) is 19.2. The van der Waals surface area contributed by atoms with Gasteiger partial charge in [0.15, 0.2) is 0 Å². The van der Waals surface area contributed by atoms with Gasteiger partial charge in [-0.1, -0.05) is 26.0 Å². The van der Waals surface area contributed by atoms with E-state index in [1.54, 1.807) is 49.9 Å². The molecule has 0 radical (unpaired) electrons. The predicted octanol–water partition coefficient (Wildman–Crippen LogP) is 3.90. The molecule has 8 heteroatoms. The maximum Gasteiger partial charge on any atom is 0.255 e. The van der Waals surface area contributed by atoms with Crippen LogP contribution in [0.15, 0.2) is 47.4 Å². The number of thioether (sulfide) groups is 1. The molecule has 0 heterocycles. The zero-order valence-electron chi connectivity index (χ0n) is 17.6. The molecule has 0 spiro atoms. The Morgan fingerprint density at radius 1 is 1.03 bits per heavy atom. The summed E-state index contributed by atoms with van der Waals surface area (Å²) in [5.74, 6) is 0.610. The van der Waals surface area contributed by atoms with Gasteiger partial charge in [-0.15, -0.1) is 0 Å². The molecule has 158 valence electrons. The van der Waals surface area contributed by atoms with Gasteiger partial charge in [0.1, 0.15) is 0 Å². The summed E-state index contributed by atoms with van der Waals surface area (Å²) in [6.07, 6.45) is 2.03. The quantitative estimate of drug-likeness (QED) is 0.647. The van der Waals surface area contributed by atoms with Crippen molar-refractivity contribution in [1.29, 1.82) is 0 Å². The van der Waals surface area contributed by atoms with Crippen molar-refractivity contribution in [1.82, 2.24) is 4.31 Å². The van der Waals surface area contributed by atoms with Gasteiger partial charge < -0.3 is 10.2 Å². The molecule has 2 aromatic rings. The summed E-state index contributed by atoms with van der Waals surface area (Å²) in [5, 5.41) is 2.88. The van der Waals surface area contributed by atoms with Crippen LogP contribution in [0.2, 0.25) is 0 Å². The first kappa shape index (κ1) is 23.3. The molecule has 0 saturated carbocycles. The minimum Gasteiger partial charge on any atom is -0.376 e. The van der Waals surface area contributed by atoms with Crippen LogP contribution in [0.4, 0.5) is 11.4 Å². The van der Waals surface area contributed by atoms with Gasteiger partial charge in [0.05, 0.1) is 16.3 Å². The van der Waals surface area contributed by atoms with E-state index in [0.29, 0.717) is 24.3 Å². The van der Waals surface area contributed by atoms with Gasteiger partial charge >= 0.3 is 0 Å². The maximum atomic E-state index is 12.9. The van der Waals surface area contributed by atoms with E-state index < -0.39 is 10.0 Å². The lowest BCUT2D eigenvalue weighted by Gasteiger charge is -2.22. The van der Waals surface area contributed by atoms with Gasteiger partial charge in [-0.25, -0.2) is 8.42 Å². The fourth-order valence-electron chi connectivity index (χ4n) is 2.99. The van der Waals surface area contributed by atoms with E-state index in [-0.39, 0.29) is 10.8 Å². The average molecular weight is 436 g/mol. The highest BCUT2D eigenvalue weighted by molar-refractivity contribution is 7.97. The van der Waals surface area contributed by atoms with Gasteiger partial charge in [-0.2, -0.15) is 16.1 Å². The Kier molecular flexibility index (Phi) is 8.13. The van der Waals surface area contributed by atoms with Crippen molar-refractivity contribution in [3.63, 3.8) is 0 Å². The molecule has 0 saturated heterocycles. The molecule has 0 aliphatic carbocycles. The number of benzene rings is 2. The number of carbonyl (C=O) groups excluding carboxylic acids is 1. The first-order valence-corrected chi connectivity index (χ1v) is 12.3. The summed E-state index contributed by atoms with van der Waals surface area (Å²) in [4.78, 5) is 14.8. The van der Waals surface area contributed by atoms with Crippen molar-refractivity contribution >= 4 is 39.1 Å². The lowest BCUT2D eigenvalue weighted by atomic mass is 10.1. The highest BCUT2D eigenvalue weighted by Gasteiger charge is 2.23. The van der Waals surface area contributed by atoms with E-state index in [4.69, 9.17) is 0 Å². The lowest BCUT2D eigenvalue weighted by molar-refractivity contribution is 0.102. The van der Waals surface area contributed by atoms with E-state index in [9.17, 15) is 13.2 Å². The lowest BCUT2D eigenvalue weighted by Crippen LogP contribution is -2.30. The topological polar surface area (TPSA) is 69.7 Å². The molecule has 0 aromatic heterocycles. The fraction of sp³-hybridized carbons (Fsp3) is 0.381. The van der Waals surface area contributed by atoms with Gasteiger partial charge in [-0.05, 0) is 42.2 Å². The van der Waals surface area contributed by atoms with Crippen molar-refractivity contribution in [2.45, 2.75) is 24.5 Å². The Morgan fingerprint density at radius 3 is 2.17 bits per heavy atom. The fourth-order valence-corrected chi connectivity index (χ4v) is 5.00. The molecular weight excluding hydrogens is 406 g/mol. The predicted molar refractivity (Wildman–Crippen MR) is 122 cm³/mol. The van der Waals surface area contributed by atoms with Crippen LogP contribution in [0, 0.1) is 0 Å². The average Bonchev–Trinajstić information content (AvgIpc) is 2.69. The molecule has 0 aliphatic heterocycles. The second-order valence-corrected chi connectivity index (χ2v) is 9.55. The van der Waals surface area contributed by atoms with Gasteiger partial charge in [-0.3, -0.25) is 4.79 Å². The van der Waals surface area contributed by atoms with Crippen LogP contribution in [0.3, 0.4) is 0 Å². The number of amides is 1. The van der Waals surface area contributed by atoms with Crippen molar-refractivity contribution in [3.8, 4) is 0 Å². The number of sulfonamides is 1. The highest BCUT2D eigenvalue weighted by atomic mass is 32.2. The van der Waals surface area contributed by atoms with Crippen molar-refractivity contribution < 1.29 is 13.2 Å². The van der Waals surface area contributed by atoms with Crippen LogP contribution in [-0.4, -0.2) is 52.1 Å². The molecule has 0 atom stereocenters. The third kappa shape index (κ3) is 5.52. The van der Waals surface area contributed by atoms with E-state index in [2.05, 4.69) is 5.32 Å². The van der Waals surface area contributed by atoms with Crippen molar-refractivity contribution in [3.05, 3.63) is 53.6 Å². The molecule has 29 heavy (non-hydrogen) atoms. The summed E-state index contributed by atoms with van der Waals surface area (Å²) in [6, 6.07) is 12.3. The Morgan fingerprint density at radius 2 is 1.66 bits per heavy atom. The number of rotatable bonds is 9. The normalized spacial score (nSPS) is 11.5. The highest BCUT2D eigenvalue weighted by Crippen LogP contribution is 2.29.